The molecule has 0 atom stereocenters. The molecule has 0 aliphatic carbocycles. The third-order valence-corrected chi connectivity index (χ3v) is 1.72. The summed E-state index contributed by atoms with van der Waals surface area (Å²) in [6, 6.07) is 9.88. The molecule has 2 aromatic rings. The van der Waals surface area contributed by atoms with Crippen LogP contribution in [0.4, 0.5) is 0 Å². The third kappa shape index (κ3) is 4.22. The van der Waals surface area contributed by atoms with E-state index in [1.807, 2.05) is 37.3 Å². The molecule has 73 valence electrons. The largest absolute Gasteiger partial charge is 0.443 e. The Bertz CT molecular complexity index is 389. The second-order valence-electron chi connectivity index (χ2n) is 2.74. The van der Waals surface area contributed by atoms with Gasteiger partial charge in [0, 0.05) is 53.8 Å². The molecule has 0 aliphatic heterocycles. The number of nitrogens with zero attached hydrogens (tertiary/aromatic N) is 2. The fourth-order valence-electron chi connectivity index (χ4n) is 1.06. The number of aryl methyl sites for hydroxylation is 1. The van der Waals surface area contributed by atoms with Crippen LogP contribution in [0.2, 0.25) is 0 Å². The maximum absolute atomic E-state index is 3.99. The summed E-state index contributed by atoms with van der Waals surface area (Å²) in [4.78, 5) is 7.98. The minimum atomic E-state index is 0. The second-order valence-corrected chi connectivity index (χ2v) is 2.74. The van der Waals surface area contributed by atoms with Gasteiger partial charge in [-0.1, -0.05) is 30.9 Å². The normalized spacial score (nSPS) is 8.60. The van der Waals surface area contributed by atoms with E-state index in [2.05, 4.69) is 22.4 Å². The Morgan fingerprint density at radius 1 is 1.00 bits per heavy atom. The SMILES string of the molecule is Cc1n[c-]c(-c2ccccc2)[c-]n1.[W].[Y]. The summed E-state index contributed by atoms with van der Waals surface area (Å²) in [5.74, 6) is 0.694. The van der Waals surface area contributed by atoms with Crippen molar-refractivity contribution in [2.45, 2.75) is 6.92 Å². The van der Waals surface area contributed by atoms with Crippen LogP contribution < -0.4 is 0 Å². The first-order valence-electron chi connectivity index (χ1n) is 4.06. The van der Waals surface area contributed by atoms with Crippen molar-refractivity contribution in [3.05, 3.63) is 48.5 Å². The van der Waals surface area contributed by atoms with Crippen molar-refractivity contribution in [2.24, 2.45) is 0 Å². The van der Waals surface area contributed by atoms with Crippen LogP contribution in [0.15, 0.2) is 30.3 Å². The fourth-order valence-corrected chi connectivity index (χ4v) is 1.06. The number of hydrogen-bond acceptors (Lipinski definition) is 2. The van der Waals surface area contributed by atoms with Crippen molar-refractivity contribution in [3.8, 4) is 11.1 Å². The Labute approximate surface area is 129 Å². The quantitative estimate of drug-likeness (QED) is 0.634. The Morgan fingerprint density at radius 2 is 1.53 bits per heavy atom. The maximum Gasteiger partial charge on any atom is 0 e. The maximum atomic E-state index is 3.99. The predicted molar refractivity (Wildman–Crippen MR) is 49.9 cm³/mol. The average molecular weight is 441 g/mol. The van der Waals surface area contributed by atoms with Gasteiger partial charge in [-0.25, -0.2) is 5.56 Å². The summed E-state index contributed by atoms with van der Waals surface area (Å²) in [5, 5.41) is 0. The van der Waals surface area contributed by atoms with Crippen molar-refractivity contribution >= 4 is 0 Å². The first-order chi connectivity index (χ1) is 6.36. The van der Waals surface area contributed by atoms with Gasteiger partial charge in [0.1, 0.15) is 0 Å². The molecule has 0 amide bonds. The molecule has 1 radical (unpaired) electrons. The summed E-state index contributed by atoms with van der Waals surface area (Å²) in [6.07, 6.45) is 5.77. The van der Waals surface area contributed by atoms with Crippen molar-refractivity contribution < 1.29 is 53.8 Å². The molecule has 0 fully saturated rings. The van der Waals surface area contributed by atoms with Crippen molar-refractivity contribution in [2.75, 3.05) is 0 Å². The van der Waals surface area contributed by atoms with E-state index in [0.29, 0.717) is 5.82 Å². The van der Waals surface area contributed by atoms with Crippen LogP contribution in [0.1, 0.15) is 5.82 Å². The second kappa shape index (κ2) is 7.38. The Balaban J connectivity index is 0.000000980. The molecule has 2 rings (SSSR count). The van der Waals surface area contributed by atoms with Gasteiger partial charge in [-0.2, -0.15) is 18.0 Å². The molecule has 0 aliphatic rings. The summed E-state index contributed by atoms with van der Waals surface area (Å²) < 4.78 is 0. The summed E-state index contributed by atoms with van der Waals surface area (Å²) >= 11 is 0. The fraction of sp³-hybridized carbons (Fsp3) is 0.0909. The standard InChI is InChI=1S/C11H8N2.W.Y/c1-9-12-7-11(8-13-9)10-5-3-2-4-6-10;;/h2-6H,1H3;;/q-2;;. The molecular weight excluding hydrogens is 433 g/mol. The van der Waals surface area contributed by atoms with Gasteiger partial charge in [-0.05, 0) is 0 Å². The molecule has 0 unspecified atom stereocenters. The van der Waals surface area contributed by atoms with E-state index >= 15 is 0 Å². The molecule has 1 aromatic heterocycles. The Morgan fingerprint density at radius 3 is 2.07 bits per heavy atom. The Kier molecular flexibility index (Phi) is 7.42. The molecule has 0 spiro atoms. The molecule has 1 aromatic carbocycles. The minimum absolute atomic E-state index is 0. The zero-order chi connectivity index (χ0) is 9.10. The first-order valence-corrected chi connectivity index (χ1v) is 4.06. The van der Waals surface area contributed by atoms with E-state index in [9.17, 15) is 0 Å². The third-order valence-electron chi connectivity index (χ3n) is 1.72. The van der Waals surface area contributed by atoms with Crippen LogP contribution in [0.5, 0.6) is 0 Å². The van der Waals surface area contributed by atoms with Gasteiger partial charge in [0.2, 0.25) is 0 Å². The molecule has 0 N–H and O–H groups in total. The summed E-state index contributed by atoms with van der Waals surface area (Å²) in [6.45, 7) is 1.82. The van der Waals surface area contributed by atoms with Gasteiger partial charge in [-0.3, -0.25) is 0 Å². The van der Waals surface area contributed by atoms with Crippen molar-refractivity contribution in [1.82, 2.24) is 9.97 Å². The van der Waals surface area contributed by atoms with E-state index in [0.717, 1.165) is 11.1 Å². The summed E-state index contributed by atoms with van der Waals surface area (Å²) in [7, 11) is 0. The molecule has 2 nitrogen and oxygen atoms in total. The van der Waals surface area contributed by atoms with E-state index in [4.69, 9.17) is 0 Å². The minimum Gasteiger partial charge on any atom is -0.443 e. The van der Waals surface area contributed by atoms with Crippen molar-refractivity contribution in [1.29, 1.82) is 0 Å². The zero-order valence-electron chi connectivity index (χ0n) is 8.27. The molecule has 15 heavy (non-hydrogen) atoms. The monoisotopic (exact) mass is 441 g/mol. The van der Waals surface area contributed by atoms with E-state index in [1.165, 1.54) is 0 Å². The molecular formula is C11H8N2WY-2. The molecule has 4 heteroatoms. The van der Waals surface area contributed by atoms with E-state index in [1.54, 1.807) is 0 Å². The van der Waals surface area contributed by atoms with Crippen LogP contribution in [0.25, 0.3) is 11.1 Å². The first kappa shape index (κ1) is 15.1. The van der Waals surface area contributed by atoms with Crippen LogP contribution in [0, 0.1) is 19.3 Å². The van der Waals surface area contributed by atoms with Gasteiger partial charge < -0.3 is 9.97 Å². The molecule has 1 heterocycles. The molecule has 0 saturated carbocycles. The smallest absolute Gasteiger partial charge is 0 e. The van der Waals surface area contributed by atoms with Crippen molar-refractivity contribution in [3.63, 3.8) is 0 Å². The molecule has 0 bridgehead atoms. The van der Waals surface area contributed by atoms with E-state index in [-0.39, 0.29) is 53.8 Å². The van der Waals surface area contributed by atoms with Gasteiger partial charge in [0.25, 0.3) is 0 Å². The average Bonchev–Trinajstić information content (AvgIpc) is 2.20. The van der Waals surface area contributed by atoms with Crippen LogP contribution in [0.3, 0.4) is 0 Å². The number of hydrogen-bond donors (Lipinski definition) is 0. The zero-order valence-corrected chi connectivity index (χ0v) is 14.0. The number of rotatable bonds is 1. The van der Waals surface area contributed by atoms with E-state index < -0.39 is 0 Å². The number of benzene rings is 1. The topological polar surface area (TPSA) is 25.8 Å². The van der Waals surface area contributed by atoms with Crippen LogP contribution >= 0.6 is 0 Å². The number of aromatic nitrogens is 2. The predicted octanol–water partition coefficient (Wildman–Crippen LogP) is 2.05. The molecule has 0 saturated heterocycles. The summed E-state index contributed by atoms with van der Waals surface area (Å²) in [5.41, 5.74) is 1.86. The van der Waals surface area contributed by atoms with Gasteiger partial charge in [0.15, 0.2) is 0 Å². The van der Waals surface area contributed by atoms with Gasteiger partial charge in [-0.15, -0.1) is 12.1 Å². The van der Waals surface area contributed by atoms with Crippen LogP contribution in [-0.2, 0) is 53.8 Å². The van der Waals surface area contributed by atoms with Gasteiger partial charge in [0.05, 0.1) is 0 Å². The Hall–Kier alpha value is 0.0922. The van der Waals surface area contributed by atoms with Crippen LogP contribution in [-0.4, -0.2) is 9.97 Å². The van der Waals surface area contributed by atoms with Gasteiger partial charge >= 0.3 is 0 Å².